The van der Waals surface area contributed by atoms with Crippen LogP contribution in [0.25, 0.3) is 0 Å². The van der Waals surface area contributed by atoms with Crippen molar-refractivity contribution >= 4 is 17.5 Å². The van der Waals surface area contributed by atoms with Crippen LogP contribution in [0.3, 0.4) is 0 Å². The number of benzene rings is 2. The number of nitro groups is 1. The van der Waals surface area contributed by atoms with E-state index in [1.165, 1.54) is 19.2 Å². The first-order chi connectivity index (χ1) is 14.5. The molecule has 0 unspecified atom stereocenters. The van der Waals surface area contributed by atoms with Gasteiger partial charge in [-0.1, -0.05) is 12.1 Å². The molecular weight excluding hydrogens is 386 g/mol. The molecule has 0 spiro atoms. The summed E-state index contributed by atoms with van der Waals surface area (Å²) in [5.41, 5.74) is 1.53. The van der Waals surface area contributed by atoms with Crippen molar-refractivity contribution in [2.24, 2.45) is 0 Å². The van der Waals surface area contributed by atoms with Crippen LogP contribution in [0.15, 0.2) is 42.5 Å². The Morgan fingerprint density at radius 1 is 1.10 bits per heavy atom. The maximum atomic E-state index is 13.1. The minimum atomic E-state index is -0.553. The Hall–Kier alpha value is -3.42. The van der Waals surface area contributed by atoms with Gasteiger partial charge in [-0.15, -0.1) is 0 Å². The Bertz CT molecular complexity index is 981. The normalized spacial score (nSPS) is 15.4. The molecule has 0 aliphatic heterocycles. The van der Waals surface area contributed by atoms with Crippen LogP contribution in [0.5, 0.6) is 5.75 Å². The summed E-state index contributed by atoms with van der Waals surface area (Å²) in [5, 5.41) is 14.2. The molecule has 0 aromatic heterocycles. The Morgan fingerprint density at radius 2 is 1.77 bits per heavy atom. The lowest BCUT2D eigenvalue weighted by molar-refractivity contribution is -0.385. The molecule has 0 saturated heterocycles. The fraction of sp³-hybridized carbons (Fsp3) is 0.364. The second-order valence-electron chi connectivity index (χ2n) is 7.75. The molecule has 2 amide bonds. The van der Waals surface area contributed by atoms with Crippen LogP contribution in [-0.2, 0) is 6.54 Å². The Balaban J connectivity index is 1.50. The topological polar surface area (TPSA) is 102 Å². The van der Waals surface area contributed by atoms with Crippen molar-refractivity contribution in [1.29, 1.82) is 0 Å². The molecule has 30 heavy (non-hydrogen) atoms. The predicted molar refractivity (Wildman–Crippen MR) is 109 cm³/mol. The summed E-state index contributed by atoms with van der Waals surface area (Å²) in [4.78, 5) is 37.7. The van der Waals surface area contributed by atoms with E-state index in [1.807, 2.05) is 12.1 Å². The first kappa shape index (κ1) is 19.9. The van der Waals surface area contributed by atoms with Crippen molar-refractivity contribution in [2.45, 2.75) is 44.3 Å². The van der Waals surface area contributed by atoms with Gasteiger partial charge in [-0.05, 0) is 55.5 Å². The van der Waals surface area contributed by atoms with Gasteiger partial charge < -0.3 is 15.0 Å². The third-order valence-corrected chi connectivity index (χ3v) is 5.35. The van der Waals surface area contributed by atoms with E-state index in [0.717, 1.165) is 31.2 Å². The van der Waals surface area contributed by atoms with Crippen LogP contribution in [0.1, 0.15) is 52.0 Å². The molecule has 2 aromatic carbocycles. The van der Waals surface area contributed by atoms with E-state index in [9.17, 15) is 19.7 Å². The van der Waals surface area contributed by atoms with Crippen molar-refractivity contribution in [1.82, 2.24) is 10.2 Å². The summed E-state index contributed by atoms with van der Waals surface area (Å²) in [5.74, 6) is -0.210. The number of nitro benzene ring substituents is 1. The maximum Gasteiger partial charge on any atom is 0.311 e. The quantitative estimate of drug-likeness (QED) is 0.532. The number of amides is 2. The van der Waals surface area contributed by atoms with Crippen molar-refractivity contribution in [3.05, 3.63) is 69.3 Å². The fourth-order valence-corrected chi connectivity index (χ4v) is 3.34. The highest BCUT2D eigenvalue weighted by molar-refractivity contribution is 5.96. The van der Waals surface area contributed by atoms with Gasteiger partial charge in [-0.2, -0.15) is 0 Å². The van der Waals surface area contributed by atoms with Gasteiger partial charge in [0.25, 0.3) is 11.8 Å². The average Bonchev–Trinajstić information content (AvgIpc) is 3.66. The fourth-order valence-electron chi connectivity index (χ4n) is 3.34. The highest BCUT2D eigenvalue weighted by Crippen LogP contribution is 2.32. The van der Waals surface area contributed by atoms with Gasteiger partial charge in [0.15, 0.2) is 5.75 Å². The zero-order valence-electron chi connectivity index (χ0n) is 16.7. The smallest absolute Gasteiger partial charge is 0.311 e. The molecule has 0 bridgehead atoms. The summed E-state index contributed by atoms with van der Waals surface area (Å²) in [6.45, 7) is 0.383. The number of nitrogens with one attached hydrogen (secondary N) is 1. The van der Waals surface area contributed by atoms with Crippen molar-refractivity contribution < 1.29 is 19.2 Å². The average molecular weight is 409 g/mol. The number of carbonyl (C=O) groups excluding carboxylic acids is 2. The lowest BCUT2D eigenvalue weighted by Crippen LogP contribution is -2.32. The highest BCUT2D eigenvalue weighted by Gasteiger charge is 2.34. The van der Waals surface area contributed by atoms with Crippen LogP contribution in [0, 0.1) is 10.1 Å². The molecule has 2 aliphatic rings. The molecule has 4 rings (SSSR count). The zero-order valence-corrected chi connectivity index (χ0v) is 16.7. The van der Waals surface area contributed by atoms with Gasteiger partial charge in [-0.25, -0.2) is 0 Å². The van der Waals surface area contributed by atoms with Gasteiger partial charge in [0.2, 0.25) is 0 Å². The summed E-state index contributed by atoms with van der Waals surface area (Å²) in [6.07, 6.45) is 3.88. The molecule has 0 atom stereocenters. The minimum absolute atomic E-state index is 0.0790. The molecule has 2 saturated carbocycles. The SMILES string of the molecule is COc1ccc(C(=O)N(Cc2ccc(C(=O)NC3CC3)cc2)C2CC2)cc1[N+](=O)[O-]. The van der Waals surface area contributed by atoms with Crippen LogP contribution >= 0.6 is 0 Å². The van der Waals surface area contributed by atoms with E-state index in [-0.39, 0.29) is 34.9 Å². The number of methoxy groups -OCH3 is 1. The monoisotopic (exact) mass is 409 g/mol. The number of hydrogen-bond acceptors (Lipinski definition) is 5. The first-order valence-corrected chi connectivity index (χ1v) is 9.99. The molecule has 156 valence electrons. The maximum absolute atomic E-state index is 13.1. The number of nitrogens with zero attached hydrogens (tertiary/aromatic N) is 2. The van der Waals surface area contributed by atoms with Gasteiger partial charge in [0.1, 0.15) is 0 Å². The summed E-state index contributed by atoms with van der Waals surface area (Å²) < 4.78 is 5.02. The molecule has 0 heterocycles. The Kier molecular flexibility index (Phi) is 5.39. The number of rotatable bonds is 8. The summed E-state index contributed by atoms with van der Waals surface area (Å²) >= 11 is 0. The largest absolute Gasteiger partial charge is 0.490 e. The van der Waals surface area contributed by atoms with E-state index in [4.69, 9.17) is 4.74 Å². The van der Waals surface area contributed by atoms with E-state index < -0.39 is 4.92 Å². The van der Waals surface area contributed by atoms with Gasteiger partial charge in [-0.3, -0.25) is 19.7 Å². The third-order valence-electron chi connectivity index (χ3n) is 5.35. The van der Waals surface area contributed by atoms with Crippen molar-refractivity contribution in [3.8, 4) is 5.75 Å². The molecule has 0 radical (unpaired) electrons. The Morgan fingerprint density at radius 3 is 2.33 bits per heavy atom. The molecule has 2 fully saturated rings. The summed E-state index contributed by atoms with van der Waals surface area (Å²) in [6, 6.07) is 11.9. The van der Waals surface area contributed by atoms with E-state index in [2.05, 4.69) is 5.32 Å². The molecular formula is C22H23N3O5. The minimum Gasteiger partial charge on any atom is -0.490 e. The standard InChI is InChI=1S/C22H23N3O5/c1-30-20-11-6-16(12-19(20)25(28)29)22(27)24(18-9-10-18)13-14-2-4-15(5-3-14)21(26)23-17-7-8-17/h2-6,11-12,17-18H,7-10,13H2,1H3,(H,23,26). The molecule has 8 heteroatoms. The predicted octanol–water partition coefficient (Wildman–Crippen LogP) is 3.30. The number of carbonyl (C=O) groups is 2. The van der Waals surface area contributed by atoms with Gasteiger partial charge in [0, 0.05) is 35.8 Å². The van der Waals surface area contributed by atoms with Gasteiger partial charge in [0.05, 0.1) is 12.0 Å². The van der Waals surface area contributed by atoms with E-state index in [1.54, 1.807) is 23.1 Å². The van der Waals surface area contributed by atoms with Crippen LogP contribution < -0.4 is 10.1 Å². The van der Waals surface area contributed by atoms with E-state index in [0.29, 0.717) is 18.2 Å². The molecule has 2 aromatic rings. The number of hydrogen-bond donors (Lipinski definition) is 1. The highest BCUT2D eigenvalue weighted by atomic mass is 16.6. The third kappa shape index (κ3) is 4.42. The lowest BCUT2D eigenvalue weighted by Gasteiger charge is -2.23. The van der Waals surface area contributed by atoms with Gasteiger partial charge >= 0.3 is 5.69 Å². The molecule has 1 N–H and O–H groups in total. The van der Waals surface area contributed by atoms with Crippen LogP contribution in [-0.4, -0.2) is 40.8 Å². The lowest BCUT2D eigenvalue weighted by atomic mass is 10.1. The summed E-state index contributed by atoms with van der Waals surface area (Å²) in [7, 11) is 1.36. The van der Waals surface area contributed by atoms with Crippen molar-refractivity contribution in [3.63, 3.8) is 0 Å². The van der Waals surface area contributed by atoms with Crippen LogP contribution in [0.4, 0.5) is 5.69 Å². The second-order valence-corrected chi connectivity index (χ2v) is 7.75. The van der Waals surface area contributed by atoms with E-state index >= 15 is 0 Å². The molecule has 2 aliphatic carbocycles. The Labute approximate surface area is 174 Å². The van der Waals surface area contributed by atoms with Crippen LogP contribution in [0.2, 0.25) is 0 Å². The molecule has 8 nitrogen and oxygen atoms in total. The second kappa shape index (κ2) is 8.14. The van der Waals surface area contributed by atoms with Crippen molar-refractivity contribution in [2.75, 3.05) is 7.11 Å². The first-order valence-electron chi connectivity index (χ1n) is 9.99. The number of ether oxygens (including phenoxy) is 1. The zero-order chi connectivity index (χ0) is 21.3.